The number of alkyl halides is 3. The van der Waals surface area contributed by atoms with Gasteiger partial charge in [0.05, 0.1) is 30.0 Å². The number of amides is 2. The highest BCUT2D eigenvalue weighted by Gasteiger charge is 2.41. The molecule has 1 aliphatic heterocycles. The van der Waals surface area contributed by atoms with Crippen molar-refractivity contribution in [1.82, 2.24) is 30.3 Å². The number of thiazole rings is 1. The lowest BCUT2D eigenvalue weighted by molar-refractivity contribution is -0.138. The van der Waals surface area contributed by atoms with Crippen molar-refractivity contribution in [2.24, 2.45) is 13.0 Å². The first-order chi connectivity index (χ1) is 21.8. The molecule has 0 saturated carbocycles. The number of anilines is 2. The standard InChI is InChI=1S/C30H33F3N8O4S/c1-29(2,3)45-28(43)34-14-18-6-5-13-41(16-18)25-20(38-26(42)21-17-46-27(39-21)19-9-11-35-36-15-19)7-8-22(24(25)30(31,32)33)44-23-10-12-37-40(23)4/h7-12,15,17-18H,5-6,13-14,16H2,1-4H3,(H,34,43)(H,38,42)/t18-/m0/s1. The molecule has 0 bridgehead atoms. The maximum absolute atomic E-state index is 15.0. The van der Waals surface area contributed by atoms with Gasteiger partial charge in [-0.3, -0.25) is 4.79 Å². The van der Waals surface area contributed by atoms with E-state index in [-0.39, 0.29) is 48.5 Å². The first-order valence-electron chi connectivity index (χ1n) is 14.4. The van der Waals surface area contributed by atoms with Gasteiger partial charge in [0.15, 0.2) is 0 Å². The number of halogens is 3. The Morgan fingerprint density at radius 3 is 2.59 bits per heavy atom. The van der Waals surface area contributed by atoms with Crippen molar-refractivity contribution in [3.05, 3.63) is 59.5 Å². The fourth-order valence-electron chi connectivity index (χ4n) is 5.03. The minimum atomic E-state index is -4.87. The summed E-state index contributed by atoms with van der Waals surface area (Å²) in [6, 6.07) is 5.70. The first-order valence-corrected chi connectivity index (χ1v) is 15.3. The van der Waals surface area contributed by atoms with Gasteiger partial charge in [-0.25, -0.2) is 14.5 Å². The molecule has 0 unspecified atom stereocenters. The molecular weight excluding hydrogens is 625 g/mol. The highest BCUT2D eigenvalue weighted by atomic mass is 32.1. The minimum Gasteiger partial charge on any atom is -0.444 e. The fourth-order valence-corrected chi connectivity index (χ4v) is 5.82. The molecule has 5 rings (SSSR count). The molecule has 0 spiro atoms. The molecule has 4 aromatic rings. The van der Waals surface area contributed by atoms with Gasteiger partial charge in [-0.15, -0.1) is 11.3 Å². The second-order valence-electron chi connectivity index (χ2n) is 11.7. The quantitative estimate of drug-likeness (QED) is 0.229. The van der Waals surface area contributed by atoms with Gasteiger partial charge < -0.3 is 25.0 Å². The topological polar surface area (TPSA) is 136 Å². The molecule has 2 amide bonds. The summed E-state index contributed by atoms with van der Waals surface area (Å²) in [5.41, 5.74) is -1.36. The minimum absolute atomic E-state index is 0.0320. The van der Waals surface area contributed by atoms with E-state index in [0.717, 1.165) is 0 Å². The lowest BCUT2D eigenvalue weighted by Gasteiger charge is -2.37. The summed E-state index contributed by atoms with van der Waals surface area (Å²) in [6.07, 6.45) is 0.151. The number of rotatable bonds is 8. The Morgan fingerprint density at radius 2 is 1.91 bits per heavy atom. The second-order valence-corrected chi connectivity index (χ2v) is 12.5. The number of carbonyl (C=O) groups is 2. The Kier molecular flexibility index (Phi) is 9.46. The summed E-state index contributed by atoms with van der Waals surface area (Å²) in [7, 11) is 1.55. The van der Waals surface area contributed by atoms with Crippen molar-refractivity contribution in [3.63, 3.8) is 0 Å². The Balaban J connectivity index is 1.48. The van der Waals surface area contributed by atoms with Crippen LogP contribution in [0.25, 0.3) is 10.6 Å². The molecule has 0 radical (unpaired) electrons. The van der Waals surface area contributed by atoms with E-state index in [1.807, 2.05) is 0 Å². The van der Waals surface area contributed by atoms with Crippen LogP contribution in [0.2, 0.25) is 0 Å². The molecule has 0 aliphatic carbocycles. The summed E-state index contributed by atoms with van der Waals surface area (Å²) in [6.45, 7) is 5.88. The smallest absolute Gasteiger partial charge is 0.422 e. The van der Waals surface area contributed by atoms with E-state index in [4.69, 9.17) is 9.47 Å². The van der Waals surface area contributed by atoms with Crippen LogP contribution in [0, 0.1) is 5.92 Å². The number of ether oxygens (including phenoxy) is 2. The highest BCUT2D eigenvalue weighted by molar-refractivity contribution is 7.13. The van der Waals surface area contributed by atoms with Gasteiger partial charge in [-0.05, 0) is 57.7 Å². The van der Waals surface area contributed by atoms with E-state index in [1.165, 1.54) is 58.2 Å². The number of piperidine rings is 1. The van der Waals surface area contributed by atoms with Crippen LogP contribution in [-0.2, 0) is 18.0 Å². The van der Waals surface area contributed by atoms with Gasteiger partial charge in [0.25, 0.3) is 5.91 Å². The van der Waals surface area contributed by atoms with E-state index in [0.29, 0.717) is 23.4 Å². The van der Waals surface area contributed by atoms with E-state index in [1.54, 1.807) is 38.8 Å². The summed E-state index contributed by atoms with van der Waals surface area (Å²) in [5.74, 6) is -1.21. The summed E-state index contributed by atoms with van der Waals surface area (Å²) in [4.78, 5) is 31.6. The van der Waals surface area contributed by atoms with Crippen LogP contribution >= 0.6 is 11.3 Å². The van der Waals surface area contributed by atoms with E-state index < -0.39 is 35.1 Å². The van der Waals surface area contributed by atoms with Crippen LogP contribution in [0.4, 0.5) is 29.3 Å². The molecule has 12 nitrogen and oxygen atoms in total. The average Bonchev–Trinajstić information content (AvgIpc) is 3.65. The van der Waals surface area contributed by atoms with Gasteiger partial charge in [0.1, 0.15) is 27.6 Å². The maximum atomic E-state index is 15.0. The molecule has 3 aromatic heterocycles. The Bertz CT molecular complexity index is 1690. The van der Waals surface area contributed by atoms with Crippen molar-refractivity contribution in [2.45, 2.75) is 45.4 Å². The number of carbonyl (C=O) groups excluding carboxylic acids is 2. The second kappa shape index (κ2) is 13.3. The normalized spacial score (nSPS) is 15.4. The molecule has 1 fully saturated rings. The van der Waals surface area contributed by atoms with Crippen molar-refractivity contribution in [1.29, 1.82) is 0 Å². The monoisotopic (exact) mass is 658 g/mol. The fraction of sp³-hybridized carbons (Fsp3) is 0.400. The van der Waals surface area contributed by atoms with Crippen LogP contribution in [-0.4, -0.2) is 62.2 Å². The van der Waals surface area contributed by atoms with Crippen LogP contribution in [0.15, 0.2) is 48.2 Å². The molecule has 1 aliphatic rings. The van der Waals surface area contributed by atoms with E-state index >= 15 is 0 Å². The maximum Gasteiger partial charge on any atom is 0.422 e. The van der Waals surface area contributed by atoms with Crippen LogP contribution in [0.5, 0.6) is 11.6 Å². The van der Waals surface area contributed by atoms with Gasteiger partial charge >= 0.3 is 12.3 Å². The predicted octanol–water partition coefficient (Wildman–Crippen LogP) is 6.14. The van der Waals surface area contributed by atoms with Gasteiger partial charge in [-0.2, -0.15) is 28.5 Å². The summed E-state index contributed by atoms with van der Waals surface area (Å²) >= 11 is 1.20. The number of hydrogen-bond acceptors (Lipinski definition) is 10. The third kappa shape index (κ3) is 7.91. The predicted molar refractivity (Wildman–Crippen MR) is 165 cm³/mol. The SMILES string of the molecule is Cn1nccc1Oc1ccc(NC(=O)c2csc(-c3ccnnc3)n2)c(N2CCC[C@@H](CNC(=O)OC(C)(C)C)C2)c1C(F)(F)F. The molecule has 46 heavy (non-hydrogen) atoms. The number of hydrogen-bond donors (Lipinski definition) is 2. The third-order valence-electron chi connectivity index (χ3n) is 7.00. The van der Waals surface area contributed by atoms with Crippen molar-refractivity contribution >= 4 is 34.7 Å². The molecule has 16 heteroatoms. The van der Waals surface area contributed by atoms with Crippen molar-refractivity contribution in [3.8, 4) is 22.2 Å². The number of nitrogens with one attached hydrogen (secondary N) is 2. The zero-order valence-corrected chi connectivity index (χ0v) is 26.4. The van der Waals surface area contributed by atoms with E-state index in [9.17, 15) is 22.8 Å². The number of aryl methyl sites for hydroxylation is 1. The Hall–Kier alpha value is -4.73. The first kappa shape index (κ1) is 32.7. The van der Waals surface area contributed by atoms with E-state index in [2.05, 4.69) is 30.9 Å². The number of aromatic nitrogens is 5. The number of benzene rings is 1. The summed E-state index contributed by atoms with van der Waals surface area (Å²) < 4.78 is 57.4. The molecular formula is C30H33F3N8O4S. The average molecular weight is 659 g/mol. The zero-order valence-electron chi connectivity index (χ0n) is 25.6. The largest absolute Gasteiger partial charge is 0.444 e. The van der Waals surface area contributed by atoms with Crippen molar-refractivity contribution < 1.29 is 32.2 Å². The van der Waals surface area contributed by atoms with Gasteiger partial charge in [0, 0.05) is 43.7 Å². The molecule has 1 saturated heterocycles. The lowest BCUT2D eigenvalue weighted by atomic mass is 9.96. The van der Waals surface area contributed by atoms with Crippen LogP contribution in [0.3, 0.4) is 0 Å². The van der Waals surface area contributed by atoms with Crippen molar-refractivity contribution in [2.75, 3.05) is 29.9 Å². The Morgan fingerprint density at radius 1 is 1.11 bits per heavy atom. The highest BCUT2D eigenvalue weighted by Crippen LogP contribution is 2.48. The zero-order chi connectivity index (χ0) is 33.1. The van der Waals surface area contributed by atoms with Gasteiger partial charge in [-0.1, -0.05) is 0 Å². The third-order valence-corrected chi connectivity index (χ3v) is 7.89. The summed E-state index contributed by atoms with van der Waals surface area (Å²) in [5, 5.41) is 19.0. The van der Waals surface area contributed by atoms with Gasteiger partial charge in [0.2, 0.25) is 5.88 Å². The molecule has 244 valence electrons. The van der Waals surface area contributed by atoms with Crippen LogP contribution < -0.4 is 20.3 Å². The molecule has 1 atom stereocenters. The Labute approximate surface area is 266 Å². The van der Waals surface area contributed by atoms with Crippen LogP contribution in [0.1, 0.15) is 49.7 Å². The number of nitrogens with zero attached hydrogens (tertiary/aromatic N) is 6. The lowest BCUT2D eigenvalue weighted by Crippen LogP contribution is -2.43. The molecule has 1 aromatic carbocycles. The molecule has 2 N–H and O–H groups in total. The number of alkyl carbamates (subject to hydrolysis) is 1. The molecule has 4 heterocycles.